The summed E-state index contributed by atoms with van der Waals surface area (Å²) in [7, 11) is 0. The molecule has 0 aliphatic rings. The van der Waals surface area contributed by atoms with Crippen molar-refractivity contribution in [3.05, 3.63) is 102 Å². The second-order valence-electron chi connectivity index (χ2n) is 7.15. The van der Waals surface area contributed by atoms with Gasteiger partial charge in [-0.05, 0) is 36.4 Å². The van der Waals surface area contributed by atoms with Gasteiger partial charge in [-0.1, -0.05) is 53.7 Å². The molecule has 5 aromatic rings. The number of rotatable bonds is 6. The van der Waals surface area contributed by atoms with Crippen molar-refractivity contribution < 1.29 is 9.53 Å². The molecule has 0 fully saturated rings. The number of ether oxygens (including phenoxy) is 1. The van der Waals surface area contributed by atoms with Gasteiger partial charge in [0.15, 0.2) is 16.9 Å². The smallest absolute Gasteiger partial charge is 0.284 e. The fourth-order valence-electron chi connectivity index (χ4n) is 3.32. The van der Waals surface area contributed by atoms with Crippen LogP contribution in [0, 0.1) is 0 Å². The maximum atomic E-state index is 12.9. The molecule has 0 unspecified atom stereocenters. The number of benzene rings is 3. The lowest BCUT2D eigenvalue weighted by molar-refractivity contribution is -0.116. The summed E-state index contributed by atoms with van der Waals surface area (Å²) in [6.45, 7) is -0.236. The SMILES string of the molecule is O=C(Cn1cnc2c(nnn2-c2ccccc2)c1=O)Nc1ccccc1Oc1ccccc1. The minimum atomic E-state index is -0.453. The van der Waals surface area contributed by atoms with Gasteiger partial charge in [0.2, 0.25) is 5.91 Å². The van der Waals surface area contributed by atoms with Crippen LogP contribution in [-0.2, 0) is 11.3 Å². The summed E-state index contributed by atoms with van der Waals surface area (Å²) >= 11 is 0. The molecule has 0 aliphatic heterocycles. The normalized spacial score (nSPS) is 10.8. The van der Waals surface area contributed by atoms with E-state index in [0.29, 0.717) is 22.8 Å². The average molecular weight is 438 g/mol. The first kappa shape index (κ1) is 20.1. The Balaban J connectivity index is 1.36. The molecular formula is C24H18N6O3. The fraction of sp³-hybridized carbons (Fsp3) is 0.0417. The van der Waals surface area contributed by atoms with E-state index in [1.54, 1.807) is 18.2 Å². The van der Waals surface area contributed by atoms with Gasteiger partial charge in [0.05, 0.1) is 11.4 Å². The second kappa shape index (κ2) is 8.75. The van der Waals surface area contributed by atoms with Crippen molar-refractivity contribution in [2.45, 2.75) is 6.54 Å². The molecule has 0 aliphatic carbocycles. The molecule has 33 heavy (non-hydrogen) atoms. The summed E-state index contributed by atoms with van der Waals surface area (Å²) in [5.41, 5.74) is 1.18. The summed E-state index contributed by atoms with van der Waals surface area (Å²) in [5.74, 6) is 0.730. The van der Waals surface area contributed by atoms with Gasteiger partial charge in [-0.3, -0.25) is 14.2 Å². The van der Waals surface area contributed by atoms with Gasteiger partial charge in [-0.15, -0.1) is 5.10 Å². The highest BCUT2D eigenvalue weighted by Gasteiger charge is 2.15. The van der Waals surface area contributed by atoms with E-state index in [9.17, 15) is 9.59 Å². The van der Waals surface area contributed by atoms with E-state index < -0.39 is 11.5 Å². The topological polar surface area (TPSA) is 104 Å². The van der Waals surface area contributed by atoms with Crippen LogP contribution >= 0.6 is 0 Å². The van der Waals surface area contributed by atoms with Crippen LogP contribution < -0.4 is 15.6 Å². The van der Waals surface area contributed by atoms with E-state index in [2.05, 4.69) is 20.6 Å². The number of nitrogens with zero attached hydrogens (tertiary/aromatic N) is 5. The van der Waals surface area contributed by atoms with E-state index in [0.717, 1.165) is 5.69 Å². The van der Waals surface area contributed by atoms with Crippen molar-refractivity contribution in [3.8, 4) is 17.2 Å². The van der Waals surface area contributed by atoms with Crippen molar-refractivity contribution in [2.75, 3.05) is 5.32 Å². The molecule has 5 rings (SSSR count). The summed E-state index contributed by atoms with van der Waals surface area (Å²) in [5, 5.41) is 10.8. The lowest BCUT2D eigenvalue weighted by Gasteiger charge is -2.12. The molecular weight excluding hydrogens is 420 g/mol. The maximum absolute atomic E-state index is 12.9. The van der Waals surface area contributed by atoms with E-state index in [4.69, 9.17) is 4.74 Å². The number of nitrogens with one attached hydrogen (secondary N) is 1. The standard InChI is InChI=1S/C24H18N6O3/c31-21(26-19-13-7-8-14-20(19)33-18-11-5-2-6-12-18)15-29-16-25-23-22(24(29)32)27-28-30(23)17-9-3-1-4-10-17/h1-14,16H,15H2,(H,26,31). The lowest BCUT2D eigenvalue weighted by Crippen LogP contribution is -2.28. The molecule has 0 atom stereocenters. The fourth-order valence-corrected chi connectivity index (χ4v) is 3.32. The Hall–Kier alpha value is -4.79. The molecule has 2 heterocycles. The molecule has 0 saturated carbocycles. The van der Waals surface area contributed by atoms with E-state index in [1.807, 2.05) is 66.7 Å². The van der Waals surface area contributed by atoms with Crippen LogP contribution in [0.15, 0.2) is 96.1 Å². The summed E-state index contributed by atoms with van der Waals surface area (Å²) in [6, 6.07) is 25.6. The number of hydrogen-bond acceptors (Lipinski definition) is 6. The molecule has 9 heteroatoms. The molecule has 0 spiro atoms. The Morgan fingerprint density at radius 2 is 1.61 bits per heavy atom. The first-order valence-electron chi connectivity index (χ1n) is 10.2. The van der Waals surface area contributed by atoms with Crippen LogP contribution in [0.3, 0.4) is 0 Å². The zero-order valence-electron chi connectivity index (χ0n) is 17.3. The summed E-state index contributed by atoms with van der Waals surface area (Å²) in [6.07, 6.45) is 1.32. The maximum Gasteiger partial charge on any atom is 0.284 e. The largest absolute Gasteiger partial charge is 0.455 e. The Kier molecular flexibility index (Phi) is 5.34. The number of para-hydroxylation sites is 4. The number of aromatic nitrogens is 5. The van der Waals surface area contributed by atoms with Gasteiger partial charge in [-0.25, -0.2) is 4.98 Å². The lowest BCUT2D eigenvalue weighted by atomic mass is 10.3. The predicted octanol–water partition coefficient (Wildman–Crippen LogP) is 3.41. The Morgan fingerprint density at radius 3 is 2.39 bits per heavy atom. The van der Waals surface area contributed by atoms with E-state index in [1.165, 1.54) is 15.6 Å². The first-order chi connectivity index (χ1) is 16.2. The van der Waals surface area contributed by atoms with Crippen LogP contribution in [0.2, 0.25) is 0 Å². The molecule has 1 amide bonds. The van der Waals surface area contributed by atoms with Crippen LogP contribution in [0.25, 0.3) is 16.9 Å². The van der Waals surface area contributed by atoms with Crippen molar-refractivity contribution in [3.63, 3.8) is 0 Å². The Bertz CT molecular complexity index is 1480. The average Bonchev–Trinajstić information content (AvgIpc) is 3.28. The zero-order valence-corrected chi connectivity index (χ0v) is 17.3. The third-order valence-corrected chi connectivity index (χ3v) is 4.88. The molecule has 0 bridgehead atoms. The highest BCUT2D eigenvalue weighted by molar-refractivity contribution is 5.92. The number of anilines is 1. The monoisotopic (exact) mass is 438 g/mol. The van der Waals surface area contributed by atoms with Gasteiger partial charge in [0.25, 0.3) is 5.56 Å². The molecule has 3 aromatic carbocycles. The molecule has 9 nitrogen and oxygen atoms in total. The van der Waals surface area contributed by atoms with Gasteiger partial charge in [0, 0.05) is 0 Å². The summed E-state index contributed by atoms with van der Waals surface area (Å²) < 4.78 is 8.55. The molecule has 1 N–H and O–H groups in total. The van der Waals surface area contributed by atoms with Crippen LogP contribution in [-0.4, -0.2) is 30.5 Å². The summed E-state index contributed by atoms with van der Waals surface area (Å²) in [4.78, 5) is 29.9. The molecule has 0 radical (unpaired) electrons. The van der Waals surface area contributed by atoms with Crippen LogP contribution in [0.1, 0.15) is 0 Å². The highest BCUT2D eigenvalue weighted by Crippen LogP contribution is 2.29. The minimum Gasteiger partial charge on any atom is -0.455 e. The van der Waals surface area contributed by atoms with Crippen LogP contribution in [0.5, 0.6) is 11.5 Å². The second-order valence-corrected chi connectivity index (χ2v) is 7.15. The van der Waals surface area contributed by atoms with Crippen molar-refractivity contribution in [1.29, 1.82) is 0 Å². The van der Waals surface area contributed by atoms with E-state index in [-0.39, 0.29) is 12.1 Å². The third kappa shape index (κ3) is 4.19. The van der Waals surface area contributed by atoms with E-state index >= 15 is 0 Å². The number of fused-ring (bicyclic) bond motifs is 1. The van der Waals surface area contributed by atoms with Gasteiger partial charge >= 0.3 is 0 Å². The predicted molar refractivity (Wildman–Crippen MR) is 123 cm³/mol. The third-order valence-electron chi connectivity index (χ3n) is 4.88. The Morgan fingerprint density at radius 1 is 0.909 bits per heavy atom. The number of amides is 1. The highest BCUT2D eigenvalue weighted by atomic mass is 16.5. The van der Waals surface area contributed by atoms with Gasteiger partial charge in [-0.2, -0.15) is 4.68 Å². The van der Waals surface area contributed by atoms with Crippen LogP contribution in [0.4, 0.5) is 5.69 Å². The molecule has 0 saturated heterocycles. The quantitative estimate of drug-likeness (QED) is 0.436. The number of carbonyl (C=O) groups is 1. The van der Waals surface area contributed by atoms with Gasteiger partial charge < -0.3 is 10.1 Å². The number of hydrogen-bond donors (Lipinski definition) is 1. The van der Waals surface area contributed by atoms with Crippen molar-refractivity contribution >= 4 is 22.8 Å². The zero-order chi connectivity index (χ0) is 22.6. The minimum absolute atomic E-state index is 0.0852. The number of carbonyl (C=O) groups excluding carboxylic acids is 1. The van der Waals surface area contributed by atoms with Gasteiger partial charge in [0.1, 0.15) is 18.6 Å². The Labute approximate surface area is 187 Å². The van der Waals surface area contributed by atoms with Crippen molar-refractivity contribution in [1.82, 2.24) is 24.5 Å². The first-order valence-corrected chi connectivity index (χ1v) is 10.2. The molecule has 2 aromatic heterocycles. The molecule has 162 valence electrons. The van der Waals surface area contributed by atoms with Crippen molar-refractivity contribution in [2.24, 2.45) is 0 Å².